The van der Waals surface area contributed by atoms with Gasteiger partial charge in [0.2, 0.25) is 0 Å². The molecule has 0 aliphatic carbocycles. The van der Waals surface area contributed by atoms with Gasteiger partial charge in [-0.3, -0.25) is 4.99 Å². The van der Waals surface area contributed by atoms with E-state index < -0.39 is 5.60 Å². The summed E-state index contributed by atoms with van der Waals surface area (Å²) in [6, 6.07) is 0.362. The number of nitrogens with zero attached hydrogens (tertiary/aromatic N) is 1. The van der Waals surface area contributed by atoms with Crippen molar-refractivity contribution in [3.8, 4) is 0 Å². The molecule has 2 saturated heterocycles. The molecule has 2 rings (SSSR count). The highest BCUT2D eigenvalue weighted by Crippen LogP contribution is 2.34. The number of guanidine groups is 1. The first-order valence-corrected chi connectivity index (χ1v) is 9.04. The number of ether oxygens (including phenoxy) is 2. The van der Waals surface area contributed by atoms with Gasteiger partial charge in [-0.05, 0) is 53.4 Å². The van der Waals surface area contributed by atoms with Gasteiger partial charge in [-0.1, -0.05) is 0 Å². The molecule has 3 unspecified atom stereocenters. The number of carbonyl (C=O) groups is 1. The fraction of sp³-hybridized carbons (Fsp3) is 0.882. The van der Waals surface area contributed by atoms with Crippen molar-refractivity contribution in [1.29, 1.82) is 0 Å². The Bertz CT molecular complexity index is 454. The average molecular weight is 468 g/mol. The first-order chi connectivity index (χ1) is 11.4. The lowest BCUT2D eigenvalue weighted by Gasteiger charge is -2.22. The normalized spacial score (nSPS) is 25.3. The molecular weight excluding hydrogens is 435 g/mol. The molecule has 3 atom stereocenters. The first kappa shape index (κ1) is 22.3. The van der Waals surface area contributed by atoms with E-state index in [9.17, 15) is 4.79 Å². The molecule has 2 aliphatic rings. The molecule has 0 aromatic carbocycles. The van der Waals surface area contributed by atoms with Crippen molar-refractivity contribution in [2.75, 3.05) is 19.6 Å². The van der Waals surface area contributed by atoms with Crippen LogP contribution in [0.15, 0.2) is 4.99 Å². The summed E-state index contributed by atoms with van der Waals surface area (Å²) in [6.45, 7) is 9.63. The molecule has 8 heteroatoms. The Hall–Kier alpha value is -0.770. The summed E-state index contributed by atoms with van der Waals surface area (Å²) in [5.74, 6) is 0.830. The van der Waals surface area contributed by atoms with Gasteiger partial charge in [0.15, 0.2) is 5.96 Å². The van der Waals surface area contributed by atoms with Crippen LogP contribution in [0.2, 0.25) is 0 Å². The predicted molar refractivity (Wildman–Crippen MR) is 110 cm³/mol. The molecule has 0 aromatic rings. The van der Waals surface area contributed by atoms with Gasteiger partial charge >= 0.3 is 6.09 Å². The maximum atomic E-state index is 11.6. The van der Waals surface area contributed by atoms with Gasteiger partial charge in [0.25, 0.3) is 0 Å². The van der Waals surface area contributed by atoms with Gasteiger partial charge in [-0.2, -0.15) is 0 Å². The van der Waals surface area contributed by atoms with E-state index in [4.69, 9.17) is 9.47 Å². The highest BCUT2D eigenvalue weighted by Gasteiger charge is 2.41. The Morgan fingerprint density at radius 3 is 2.60 bits per heavy atom. The lowest BCUT2D eigenvalue weighted by atomic mass is 9.96. The van der Waals surface area contributed by atoms with E-state index >= 15 is 0 Å². The number of nitrogens with one attached hydrogen (secondary N) is 3. The van der Waals surface area contributed by atoms with Gasteiger partial charge in [0, 0.05) is 19.6 Å². The Kier molecular flexibility index (Phi) is 9.26. The van der Waals surface area contributed by atoms with Crippen molar-refractivity contribution in [3.05, 3.63) is 0 Å². The summed E-state index contributed by atoms with van der Waals surface area (Å²) in [5.41, 5.74) is -0.465. The zero-order chi connectivity index (χ0) is 17.6. The molecule has 2 aliphatic heterocycles. The lowest BCUT2D eigenvalue weighted by Crippen LogP contribution is -2.47. The average Bonchev–Trinajstić information content (AvgIpc) is 3.07. The molecule has 25 heavy (non-hydrogen) atoms. The zero-order valence-electron chi connectivity index (χ0n) is 15.8. The maximum absolute atomic E-state index is 11.6. The van der Waals surface area contributed by atoms with E-state index in [1.54, 1.807) is 0 Å². The summed E-state index contributed by atoms with van der Waals surface area (Å²) in [4.78, 5) is 16.1. The molecule has 1 amide bonds. The van der Waals surface area contributed by atoms with E-state index in [0.717, 1.165) is 31.8 Å². The Labute approximate surface area is 168 Å². The number of fused-ring (bicyclic) bond motifs is 2. The Morgan fingerprint density at radius 2 is 2.04 bits per heavy atom. The number of alkyl carbamates (subject to hydrolysis) is 1. The van der Waals surface area contributed by atoms with Crippen molar-refractivity contribution in [2.45, 2.75) is 77.2 Å². The van der Waals surface area contributed by atoms with Gasteiger partial charge < -0.3 is 25.4 Å². The first-order valence-electron chi connectivity index (χ1n) is 9.04. The number of carbonyl (C=O) groups excluding carboxylic acids is 1. The van der Waals surface area contributed by atoms with Crippen LogP contribution < -0.4 is 16.0 Å². The Morgan fingerprint density at radius 1 is 1.28 bits per heavy atom. The molecule has 3 N–H and O–H groups in total. The molecule has 146 valence electrons. The van der Waals surface area contributed by atoms with Crippen LogP contribution in [-0.2, 0) is 9.47 Å². The third-order valence-corrected chi connectivity index (χ3v) is 4.05. The largest absolute Gasteiger partial charge is 0.444 e. The third kappa shape index (κ3) is 7.98. The van der Waals surface area contributed by atoms with E-state index in [-0.39, 0.29) is 30.1 Å². The minimum absolute atomic E-state index is 0. The van der Waals surface area contributed by atoms with Crippen molar-refractivity contribution in [3.63, 3.8) is 0 Å². The molecule has 2 bridgehead atoms. The number of amides is 1. The van der Waals surface area contributed by atoms with Crippen LogP contribution in [0.25, 0.3) is 0 Å². The second kappa shape index (κ2) is 10.4. The van der Waals surface area contributed by atoms with E-state index in [1.807, 2.05) is 20.8 Å². The van der Waals surface area contributed by atoms with Crippen LogP contribution in [0.1, 0.15) is 53.4 Å². The van der Waals surface area contributed by atoms with Crippen LogP contribution in [0.4, 0.5) is 4.79 Å². The van der Waals surface area contributed by atoms with Crippen LogP contribution in [-0.4, -0.2) is 55.5 Å². The molecule has 0 aromatic heterocycles. The number of halogens is 1. The van der Waals surface area contributed by atoms with Crippen LogP contribution in [0.3, 0.4) is 0 Å². The molecule has 2 fully saturated rings. The fourth-order valence-electron chi connectivity index (χ4n) is 3.06. The van der Waals surface area contributed by atoms with Gasteiger partial charge in [0.1, 0.15) is 5.60 Å². The lowest BCUT2D eigenvalue weighted by molar-refractivity contribution is 0.0527. The number of aliphatic imine (C=N–C) groups is 1. The minimum atomic E-state index is -0.465. The summed E-state index contributed by atoms with van der Waals surface area (Å²) in [6.07, 6.45) is 4.53. The zero-order valence-corrected chi connectivity index (χ0v) is 18.1. The Balaban J connectivity index is 0.00000312. The maximum Gasteiger partial charge on any atom is 0.407 e. The monoisotopic (exact) mass is 468 g/mol. The molecule has 0 saturated carbocycles. The summed E-state index contributed by atoms with van der Waals surface area (Å²) < 4.78 is 11.1. The van der Waals surface area contributed by atoms with E-state index in [1.165, 1.54) is 6.42 Å². The van der Waals surface area contributed by atoms with Crippen molar-refractivity contribution < 1.29 is 14.3 Å². The van der Waals surface area contributed by atoms with E-state index in [2.05, 4.69) is 27.9 Å². The minimum Gasteiger partial charge on any atom is -0.444 e. The SMILES string of the molecule is CCNC(=NCCCNC(=O)OC(C)(C)C)NC1CC2CCC1O2.I. The summed E-state index contributed by atoms with van der Waals surface area (Å²) in [5, 5.41) is 9.50. The molecule has 0 spiro atoms. The topological polar surface area (TPSA) is 84.0 Å². The third-order valence-electron chi connectivity index (χ3n) is 4.05. The second-order valence-electron chi connectivity index (χ2n) is 7.40. The van der Waals surface area contributed by atoms with Crippen molar-refractivity contribution >= 4 is 36.0 Å². The van der Waals surface area contributed by atoms with E-state index in [0.29, 0.717) is 31.3 Å². The number of hydrogen-bond acceptors (Lipinski definition) is 4. The fourth-order valence-corrected chi connectivity index (χ4v) is 3.06. The highest BCUT2D eigenvalue weighted by atomic mass is 127. The van der Waals surface area contributed by atoms with Crippen molar-refractivity contribution in [1.82, 2.24) is 16.0 Å². The molecule has 0 radical (unpaired) electrons. The quantitative estimate of drug-likeness (QED) is 0.241. The van der Waals surface area contributed by atoms with Crippen molar-refractivity contribution in [2.24, 2.45) is 4.99 Å². The summed E-state index contributed by atoms with van der Waals surface area (Å²) >= 11 is 0. The number of rotatable bonds is 6. The smallest absolute Gasteiger partial charge is 0.407 e. The summed E-state index contributed by atoms with van der Waals surface area (Å²) in [7, 11) is 0. The van der Waals surface area contributed by atoms with Gasteiger partial charge in [-0.25, -0.2) is 4.79 Å². The van der Waals surface area contributed by atoms with Gasteiger partial charge in [-0.15, -0.1) is 24.0 Å². The highest BCUT2D eigenvalue weighted by molar-refractivity contribution is 14.0. The molecule has 2 heterocycles. The predicted octanol–water partition coefficient (Wildman–Crippen LogP) is 2.39. The van der Waals surface area contributed by atoms with Crippen LogP contribution >= 0.6 is 24.0 Å². The molecule has 7 nitrogen and oxygen atoms in total. The number of hydrogen-bond donors (Lipinski definition) is 3. The van der Waals surface area contributed by atoms with Gasteiger partial charge in [0.05, 0.1) is 18.2 Å². The van der Waals surface area contributed by atoms with Crippen LogP contribution in [0.5, 0.6) is 0 Å². The molecular formula is C17H33IN4O3. The standard InChI is InChI=1S/C17H32N4O3.HI/c1-5-18-15(21-13-11-12-7-8-14(13)23-12)19-9-6-10-20-16(22)24-17(2,3)4;/h12-14H,5-11H2,1-4H3,(H,20,22)(H2,18,19,21);1H. The second-order valence-corrected chi connectivity index (χ2v) is 7.40. The van der Waals surface area contributed by atoms with Crippen LogP contribution in [0, 0.1) is 0 Å².